The molecule has 0 spiro atoms. The fraction of sp³-hybridized carbons (Fsp3) is 0.810. The van der Waals surface area contributed by atoms with Gasteiger partial charge in [0.15, 0.2) is 5.78 Å². The first-order valence-electron chi connectivity index (χ1n) is 10.6. The van der Waals surface area contributed by atoms with Crippen molar-refractivity contribution in [2.24, 2.45) is 34.4 Å². The largest absolute Gasteiger partial charge is 0.444 e. The molecule has 28 heavy (non-hydrogen) atoms. The van der Waals surface area contributed by atoms with Crippen LogP contribution in [0.3, 0.4) is 0 Å². The van der Waals surface area contributed by atoms with Crippen molar-refractivity contribution in [1.29, 1.82) is 0 Å². The number of hydrogen-bond acceptors (Lipinski definition) is 5. The number of ketones is 1. The van der Waals surface area contributed by atoms with E-state index in [1.807, 2.05) is 6.08 Å². The van der Waals surface area contributed by atoms with E-state index in [0.717, 1.165) is 50.0 Å². The van der Waals surface area contributed by atoms with Gasteiger partial charge in [0, 0.05) is 17.7 Å². The lowest BCUT2D eigenvalue weighted by Gasteiger charge is -2.53. The van der Waals surface area contributed by atoms with Crippen LogP contribution in [0, 0.1) is 34.0 Å². The van der Waals surface area contributed by atoms with Gasteiger partial charge in [-0.05, 0) is 74.7 Å². The molecular weight excluding hydrogens is 380 g/mol. The number of nitrogens with zero attached hydrogens (tertiary/aromatic N) is 2. The van der Waals surface area contributed by atoms with E-state index in [1.165, 1.54) is 5.57 Å². The molecule has 6 atom stereocenters. The molecule has 3 fully saturated rings. The number of alkyl halides is 1. The lowest BCUT2D eigenvalue weighted by Crippen LogP contribution is -2.49. The van der Waals surface area contributed by atoms with Crippen LogP contribution in [-0.4, -0.2) is 35.4 Å². The highest BCUT2D eigenvalue weighted by Gasteiger charge is 2.57. The number of amides is 1. The highest BCUT2D eigenvalue weighted by Crippen LogP contribution is 2.62. The van der Waals surface area contributed by atoms with Gasteiger partial charge in [-0.25, -0.2) is 4.79 Å². The third kappa shape index (κ3) is 3.27. The van der Waals surface area contributed by atoms with Crippen LogP contribution in [0.5, 0.6) is 0 Å². The molecule has 7 heteroatoms. The summed E-state index contributed by atoms with van der Waals surface area (Å²) >= 11 is 5.64. The standard InChI is InChI=1S/C21H29ClN2O4/c1-21-9-8-16-15-5-3-14(25)12-13(15)2-4-17(16)18(21)6-7-19(21)28-20(26)24(23-27)11-10-22/h12,15-19H,2-11H2,1H3/t15?,16?,17?,18?,19-,21?/m0/s1. The minimum atomic E-state index is -0.677. The molecule has 6 nitrogen and oxygen atoms in total. The van der Waals surface area contributed by atoms with Crippen molar-refractivity contribution >= 4 is 23.5 Å². The summed E-state index contributed by atoms with van der Waals surface area (Å²) < 4.78 is 5.77. The summed E-state index contributed by atoms with van der Waals surface area (Å²) in [5, 5.41) is 3.54. The highest BCUT2D eigenvalue weighted by molar-refractivity contribution is 6.18. The van der Waals surface area contributed by atoms with E-state index in [9.17, 15) is 14.5 Å². The van der Waals surface area contributed by atoms with Crippen LogP contribution in [-0.2, 0) is 9.53 Å². The number of hydrogen-bond donors (Lipinski definition) is 0. The monoisotopic (exact) mass is 408 g/mol. The maximum absolute atomic E-state index is 12.4. The molecule has 0 aromatic rings. The first-order chi connectivity index (χ1) is 13.5. The second-order valence-electron chi connectivity index (χ2n) is 9.19. The fourth-order valence-electron chi connectivity index (χ4n) is 6.75. The van der Waals surface area contributed by atoms with Gasteiger partial charge in [-0.3, -0.25) is 4.79 Å². The Labute approximate surface area is 170 Å². The van der Waals surface area contributed by atoms with Gasteiger partial charge in [0.25, 0.3) is 0 Å². The van der Waals surface area contributed by atoms with Crippen LogP contribution in [0.15, 0.2) is 16.9 Å². The SMILES string of the molecule is CC12CCC3C4CCC(=O)C=C4CCC3C1CC[C@@H]2OC(=O)N(CCCl)N=O. The minimum Gasteiger partial charge on any atom is -0.444 e. The molecule has 0 saturated heterocycles. The normalized spacial score (nSPS) is 39.3. The zero-order valence-corrected chi connectivity index (χ0v) is 17.2. The average molecular weight is 409 g/mol. The molecular formula is C21H29ClN2O4. The van der Waals surface area contributed by atoms with Crippen LogP contribution in [0.25, 0.3) is 0 Å². The smallest absolute Gasteiger partial charge is 0.433 e. The van der Waals surface area contributed by atoms with Crippen LogP contribution in [0.2, 0.25) is 0 Å². The summed E-state index contributed by atoms with van der Waals surface area (Å²) in [6.07, 6.45) is 9.00. The zero-order valence-electron chi connectivity index (χ0n) is 16.4. The number of ether oxygens (including phenoxy) is 1. The molecule has 0 heterocycles. The van der Waals surface area contributed by atoms with Gasteiger partial charge < -0.3 is 4.74 Å². The van der Waals surface area contributed by atoms with Gasteiger partial charge in [0.05, 0.1) is 11.8 Å². The molecule has 0 N–H and O–H groups in total. The second kappa shape index (κ2) is 7.77. The van der Waals surface area contributed by atoms with E-state index in [-0.39, 0.29) is 23.9 Å². The maximum atomic E-state index is 12.4. The third-order valence-corrected chi connectivity index (χ3v) is 8.23. The van der Waals surface area contributed by atoms with Gasteiger partial charge in [-0.2, -0.15) is 5.01 Å². The van der Waals surface area contributed by atoms with Crippen LogP contribution in [0.4, 0.5) is 4.79 Å². The third-order valence-electron chi connectivity index (χ3n) is 8.06. The number of allylic oxidation sites excluding steroid dienone is 1. The lowest BCUT2D eigenvalue weighted by molar-refractivity contribution is -0.116. The number of halogens is 1. The van der Waals surface area contributed by atoms with Crippen molar-refractivity contribution in [1.82, 2.24) is 5.01 Å². The molecule has 4 aliphatic rings. The van der Waals surface area contributed by atoms with Crippen LogP contribution < -0.4 is 0 Å². The summed E-state index contributed by atoms with van der Waals surface area (Å²) in [5.74, 6) is 2.85. The molecule has 154 valence electrons. The zero-order chi connectivity index (χ0) is 19.9. The predicted molar refractivity (Wildman–Crippen MR) is 106 cm³/mol. The number of fused-ring (bicyclic) bond motifs is 5. The van der Waals surface area contributed by atoms with Crippen LogP contribution >= 0.6 is 11.6 Å². The van der Waals surface area contributed by atoms with Gasteiger partial charge in [-0.15, -0.1) is 16.5 Å². The van der Waals surface area contributed by atoms with E-state index in [2.05, 4.69) is 12.2 Å². The lowest BCUT2D eigenvalue weighted by atomic mass is 9.52. The van der Waals surface area contributed by atoms with Gasteiger partial charge in [0.1, 0.15) is 6.10 Å². The number of carbonyl (C=O) groups is 2. The Hall–Kier alpha value is -1.43. The van der Waals surface area contributed by atoms with E-state index >= 15 is 0 Å². The molecule has 3 saturated carbocycles. The minimum absolute atomic E-state index is 0.0436. The Bertz CT molecular complexity index is 696. The Morgan fingerprint density at radius 2 is 2.07 bits per heavy atom. The molecule has 4 rings (SSSR count). The Balaban J connectivity index is 1.48. The fourth-order valence-corrected chi connectivity index (χ4v) is 6.91. The van der Waals surface area contributed by atoms with E-state index in [0.29, 0.717) is 35.9 Å². The maximum Gasteiger partial charge on any atom is 0.433 e. The molecule has 0 radical (unpaired) electrons. The first-order valence-corrected chi connectivity index (χ1v) is 11.1. The van der Waals surface area contributed by atoms with Gasteiger partial charge in [0.2, 0.25) is 0 Å². The van der Waals surface area contributed by atoms with Crippen molar-refractivity contribution < 1.29 is 14.3 Å². The first kappa shape index (κ1) is 19.9. The molecule has 0 aliphatic heterocycles. The highest BCUT2D eigenvalue weighted by atomic mass is 35.5. The number of nitroso groups, excluding NO2 is 1. The van der Waals surface area contributed by atoms with Crippen molar-refractivity contribution in [3.8, 4) is 0 Å². The Kier molecular flexibility index (Phi) is 5.51. The molecule has 4 aliphatic carbocycles. The van der Waals surface area contributed by atoms with Crippen molar-refractivity contribution in [2.75, 3.05) is 12.4 Å². The second-order valence-corrected chi connectivity index (χ2v) is 9.57. The summed E-state index contributed by atoms with van der Waals surface area (Å²) in [7, 11) is 0. The quantitative estimate of drug-likeness (QED) is 0.378. The summed E-state index contributed by atoms with van der Waals surface area (Å²) in [5.41, 5.74) is 1.34. The Morgan fingerprint density at radius 1 is 1.25 bits per heavy atom. The topological polar surface area (TPSA) is 76.0 Å². The van der Waals surface area contributed by atoms with Gasteiger partial charge >= 0.3 is 6.09 Å². The Morgan fingerprint density at radius 3 is 2.82 bits per heavy atom. The van der Waals surface area contributed by atoms with Crippen molar-refractivity contribution in [3.63, 3.8) is 0 Å². The molecule has 0 aromatic heterocycles. The summed E-state index contributed by atoms with van der Waals surface area (Å²) in [6, 6.07) is 0. The molecule has 0 bridgehead atoms. The van der Waals surface area contributed by atoms with Crippen molar-refractivity contribution in [3.05, 3.63) is 16.6 Å². The van der Waals surface area contributed by atoms with Gasteiger partial charge in [-0.1, -0.05) is 12.5 Å². The molecule has 0 aromatic carbocycles. The summed E-state index contributed by atoms with van der Waals surface area (Å²) in [4.78, 5) is 35.1. The number of carbonyl (C=O) groups excluding carboxylic acids is 2. The average Bonchev–Trinajstić information content (AvgIpc) is 3.01. The van der Waals surface area contributed by atoms with E-state index in [1.54, 1.807) is 0 Å². The van der Waals surface area contributed by atoms with E-state index < -0.39 is 6.09 Å². The number of rotatable bonds is 4. The molecule has 1 amide bonds. The predicted octanol–water partition coefficient (Wildman–Crippen LogP) is 4.86. The van der Waals surface area contributed by atoms with E-state index in [4.69, 9.17) is 16.3 Å². The van der Waals surface area contributed by atoms with Crippen LogP contribution in [0.1, 0.15) is 58.3 Å². The van der Waals surface area contributed by atoms with Crippen molar-refractivity contribution in [2.45, 2.75) is 64.4 Å². The summed E-state index contributed by atoms with van der Waals surface area (Å²) in [6.45, 7) is 2.33. The molecule has 5 unspecified atom stereocenters.